The summed E-state index contributed by atoms with van der Waals surface area (Å²) in [6, 6.07) is 3.48. The number of aryl methyl sites for hydroxylation is 1. The van der Waals surface area contributed by atoms with Crippen LogP contribution in [0.1, 0.15) is 27.2 Å². The molecule has 0 aliphatic carbocycles. The highest BCUT2D eigenvalue weighted by Crippen LogP contribution is 2.39. The van der Waals surface area contributed by atoms with Crippen molar-refractivity contribution in [3.8, 4) is 11.5 Å². The lowest BCUT2D eigenvalue weighted by Crippen LogP contribution is -2.40. The van der Waals surface area contributed by atoms with Crippen LogP contribution in [0.3, 0.4) is 0 Å². The third-order valence-electron chi connectivity index (χ3n) is 3.67. The van der Waals surface area contributed by atoms with E-state index in [9.17, 15) is 4.79 Å². The quantitative estimate of drug-likeness (QED) is 0.942. The molecule has 22 heavy (non-hydrogen) atoms. The second-order valence-electron chi connectivity index (χ2n) is 5.01. The van der Waals surface area contributed by atoms with Gasteiger partial charge in [-0.15, -0.1) is 11.3 Å². The highest BCUT2D eigenvalue weighted by Gasteiger charge is 2.32. The zero-order chi connectivity index (χ0) is 15.9. The molecule has 3 rings (SSSR count). The minimum absolute atomic E-state index is 0.0784. The molecule has 7 heteroatoms. The van der Waals surface area contributed by atoms with Crippen LogP contribution >= 0.6 is 11.3 Å². The Balaban J connectivity index is 2.05. The number of thiazole rings is 1. The minimum Gasteiger partial charge on any atom is -0.493 e. The molecule has 0 saturated heterocycles. The highest BCUT2D eigenvalue weighted by atomic mass is 32.1. The number of carbonyl (C=O) groups is 1. The summed E-state index contributed by atoms with van der Waals surface area (Å²) >= 11 is 1.56. The first-order valence-corrected chi connectivity index (χ1v) is 7.65. The van der Waals surface area contributed by atoms with Gasteiger partial charge < -0.3 is 19.7 Å². The summed E-state index contributed by atoms with van der Waals surface area (Å²) in [6.07, 6.45) is -0.289. The van der Waals surface area contributed by atoms with Crippen molar-refractivity contribution < 1.29 is 14.3 Å². The molecule has 1 atom stereocenters. The number of fused-ring (bicyclic) bond motifs is 1. The zero-order valence-electron chi connectivity index (χ0n) is 12.8. The molecular weight excluding hydrogens is 302 g/mol. The number of benzene rings is 1. The molecule has 1 amide bonds. The maximum absolute atomic E-state index is 12.6. The van der Waals surface area contributed by atoms with Gasteiger partial charge in [0.15, 0.2) is 11.5 Å². The van der Waals surface area contributed by atoms with E-state index >= 15 is 0 Å². The summed E-state index contributed by atoms with van der Waals surface area (Å²) in [5.41, 5.74) is 2.11. The first kappa shape index (κ1) is 14.6. The standard InChI is InChI=1S/C15H17N3O3S/c1-8-16-11(7-22-8)14-17-10-6-13(21-4)12(20-3)5-9(10)15(19)18(14)2/h5-7,14,17H,1-4H3/t14-/m1/s1. The van der Waals surface area contributed by atoms with Gasteiger partial charge in [0.25, 0.3) is 5.91 Å². The molecule has 116 valence electrons. The fraction of sp³-hybridized carbons (Fsp3) is 0.333. The number of nitrogens with zero attached hydrogens (tertiary/aromatic N) is 2. The number of hydrogen-bond donors (Lipinski definition) is 1. The van der Waals surface area contributed by atoms with E-state index in [-0.39, 0.29) is 12.1 Å². The normalized spacial score (nSPS) is 17.0. The number of nitrogens with one attached hydrogen (secondary N) is 1. The van der Waals surface area contributed by atoms with Crippen molar-refractivity contribution in [2.75, 3.05) is 26.6 Å². The van der Waals surface area contributed by atoms with E-state index in [0.717, 1.165) is 16.4 Å². The summed E-state index contributed by atoms with van der Waals surface area (Å²) < 4.78 is 10.6. The molecule has 1 aliphatic rings. The lowest BCUT2D eigenvalue weighted by molar-refractivity contribution is 0.0732. The van der Waals surface area contributed by atoms with Crippen LogP contribution in [0.5, 0.6) is 11.5 Å². The van der Waals surface area contributed by atoms with Crippen LogP contribution in [0.15, 0.2) is 17.5 Å². The van der Waals surface area contributed by atoms with Crippen molar-refractivity contribution in [2.24, 2.45) is 0 Å². The topological polar surface area (TPSA) is 63.7 Å². The van der Waals surface area contributed by atoms with Crippen molar-refractivity contribution in [3.63, 3.8) is 0 Å². The number of aromatic nitrogens is 1. The van der Waals surface area contributed by atoms with Gasteiger partial charge in [0, 0.05) is 18.5 Å². The Labute approximate surface area is 132 Å². The van der Waals surface area contributed by atoms with Crippen LogP contribution < -0.4 is 14.8 Å². The summed E-state index contributed by atoms with van der Waals surface area (Å²) in [7, 11) is 4.88. The monoisotopic (exact) mass is 319 g/mol. The van der Waals surface area contributed by atoms with Crippen LogP contribution in [0.2, 0.25) is 0 Å². The van der Waals surface area contributed by atoms with E-state index in [0.29, 0.717) is 17.1 Å². The average Bonchev–Trinajstić information content (AvgIpc) is 2.95. The average molecular weight is 319 g/mol. The molecule has 0 saturated carbocycles. The van der Waals surface area contributed by atoms with Crippen LogP contribution in [0.4, 0.5) is 5.69 Å². The predicted molar refractivity (Wildman–Crippen MR) is 84.9 cm³/mol. The van der Waals surface area contributed by atoms with Crippen molar-refractivity contribution in [2.45, 2.75) is 13.1 Å². The third-order valence-corrected chi connectivity index (χ3v) is 4.46. The first-order valence-electron chi connectivity index (χ1n) is 6.77. The molecule has 0 bridgehead atoms. The number of rotatable bonds is 3. The van der Waals surface area contributed by atoms with Crippen LogP contribution in [0.25, 0.3) is 0 Å². The second kappa shape index (κ2) is 5.49. The maximum atomic E-state index is 12.6. The summed E-state index contributed by atoms with van der Waals surface area (Å²) in [5.74, 6) is 1.04. The Hall–Kier alpha value is -2.28. The summed E-state index contributed by atoms with van der Waals surface area (Å²) in [4.78, 5) is 18.8. The number of hydrogen-bond acceptors (Lipinski definition) is 6. The van der Waals surface area contributed by atoms with Gasteiger partial charge in [0.2, 0.25) is 0 Å². The number of ether oxygens (including phenoxy) is 2. The van der Waals surface area contributed by atoms with E-state index in [4.69, 9.17) is 9.47 Å². The molecular formula is C15H17N3O3S. The molecule has 1 N–H and O–H groups in total. The maximum Gasteiger partial charge on any atom is 0.257 e. The van der Waals surface area contributed by atoms with Gasteiger partial charge in [0.1, 0.15) is 6.17 Å². The van der Waals surface area contributed by atoms with Crippen molar-refractivity contribution in [1.29, 1.82) is 0 Å². The SMILES string of the molecule is COc1cc2c(cc1OC)C(=O)N(C)[C@H](c1csc(C)n1)N2. The Kier molecular flexibility index (Phi) is 3.66. The van der Waals surface area contributed by atoms with Gasteiger partial charge in [-0.25, -0.2) is 4.98 Å². The Bertz CT molecular complexity index is 729. The summed E-state index contributed by atoms with van der Waals surface area (Å²) in [5, 5.41) is 6.28. The van der Waals surface area contributed by atoms with Crippen molar-refractivity contribution >= 4 is 22.9 Å². The van der Waals surface area contributed by atoms with Gasteiger partial charge in [-0.2, -0.15) is 0 Å². The lowest BCUT2D eigenvalue weighted by atomic mass is 10.1. The molecule has 0 spiro atoms. The number of anilines is 1. The molecule has 1 aliphatic heterocycles. The van der Waals surface area contributed by atoms with Gasteiger partial charge in [0.05, 0.1) is 36.2 Å². The van der Waals surface area contributed by atoms with Gasteiger partial charge in [-0.1, -0.05) is 0 Å². The van der Waals surface area contributed by atoms with E-state index in [1.54, 1.807) is 49.6 Å². The molecule has 0 fully saturated rings. The Morgan fingerprint density at radius 3 is 2.55 bits per heavy atom. The van der Waals surface area contributed by atoms with E-state index < -0.39 is 0 Å². The Morgan fingerprint density at radius 1 is 1.27 bits per heavy atom. The van der Waals surface area contributed by atoms with E-state index in [2.05, 4.69) is 10.3 Å². The molecule has 2 aromatic rings. The predicted octanol–water partition coefficient (Wildman–Crippen LogP) is 2.67. The molecule has 0 unspecified atom stereocenters. The van der Waals surface area contributed by atoms with E-state index in [1.165, 1.54) is 0 Å². The second-order valence-corrected chi connectivity index (χ2v) is 6.07. The highest BCUT2D eigenvalue weighted by molar-refractivity contribution is 7.09. The fourth-order valence-corrected chi connectivity index (χ4v) is 3.14. The zero-order valence-corrected chi connectivity index (χ0v) is 13.7. The van der Waals surface area contributed by atoms with Crippen molar-refractivity contribution in [1.82, 2.24) is 9.88 Å². The molecule has 6 nitrogen and oxygen atoms in total. The number of carbonyl (C=O) groups excluding carboxylic acids is 1. The lowest BCUT2D eigenvalue weighted by Gasteiger charge is -2.34. The van der Waals surface area contributed by atoms with Gasteiger partial charge >= 0.3 is 0 Å². The van der Waals surface area contributed by atoms with Gasteiger partial charge in [-0.3, -0.25) is 4.79 Å². The smallest absolute Gasteiger partial charge is 0.257 e. The fourth-order valence-electron chi connectivity index (χ4n) is 2.50. The molecule has 2 heterocycles. The largest absolute Gasteiger partial charge is 0.493 e. The van der Waals surface area contributed by atoms with Crippen LogP contribution in [-0.4, -0.2) is 37.1 Å². The van der Waals surface area contributed by atoms with Crippen LogP contribution in [0, 0.1) is 6.92 Å². The van der Waals surface area contributed by atoms with E-state index in [1.807, 2.05) is 12.3 Å². The molecule has 1 aromatic carbocycles. The molecule has 1 aromatic heterocycles. The minimum atomic E-state index is -0.289. The van der Waals surface area contributed by atoms with Gasteiger partial charge in [-0.05, 0) is 13.0 Å². The summed E-state index contributed by atoms with van der Waals surface area (Å²) in [6.45, 7) is 1.95. The molecule has 0 radical (unpaired) electrons. The Morgan fingerprint density at radius 2 is 1.95 bits per heavy atom. The third kappa shape index (κ3) is 2.27. The van der Waals surface area contributed by atoms with Crippen LogP contribution in [-0.2, 0) is 0 Å². The number of amides is 1. The number of methoxy groups -OCH3 is 2. The first-order chi connectivity index (χ1) is 10.5. The van der Waals surface area contributed by atoms with Crippen molar-refractivity contribution in [3.05, 3.63) is 33.8 Å².